The van der Waals surface area contributed by atoms with Gasteiger partial charge in [-0.3, -0.25) is 9.55 Å². The normalized spacial score (nSPS) is 13.9. The molecule has 0 bridgehead atoms. The molecule has 0 saturated carbocycles. The van der Waals surface area contributed by atoms with Gasteiger partial charge in [0.25, 0.3) is 0 Å². The zero-order valence-corrected chi connectivity index (χ0v) is 42.0. The summed E-state index contributed by atoms with van der Waals surface area (Å²) in [6, 6.07) is 40.9. The van der Waals surface area contributed by atoms with E-state index in [0.717, 1.165) is 44.5 Å². The Morgan fingerprint density at radius 2 is 1.31 bits per heavy atom. The Hall–Kier alpha value is -6.35. The average molecular weight is 1070 g/mol. The quantitative estimate of drug-likeness (QED) is 0.162. The van der Waals surface area contributed by atoms with Gasteiger partial charge in [-0.15, -0.1) is 29.3 Å². The molecule has 9 rings (SSSR count). The van der Waals surface area contributed by atoms with Crippen LogP contribution >= 0.6 is 0 Å². The Morgan fingerprint density at radius 1 is 0.612 bits per heavy atom. The summed E-state index contributed by atoms with van der Waals surface area (Å²) in [5.41, 5.74) is 11.3. The molecule has 67 heavy (non-hydrogen) atoms. The van der Waals surface area contributed by atoms with Gasteiger partial charge in [0, 0.05) is 42.6 Å². The second-order valence-corrected chi connectivity index (χ2v) is 20.4. The smallest absolute Gasteiger partial charge is 0.148 e. The van der Waals surface area contributed by atoms with Crippen molar-refractivity contribution in [2.45, 2.75) is 92.3 Å². The number of aromatic nitrogens is 3. The summed E-state index contributed by atoms with van der Waals surface area (Å²) < 4.78 is 71.8. The minimum Gasteiger partial charge on any atom is -0.507 e. The Balaban J connectivity index is 0.00000747. The van der Waals surface area contributed by atoms with Crippen LogP contribution in [-0.4, -0.2) is 19.6 Å². The molecule has 0 saturated heterocycles. The molecule has 7 aromatic carbocycles. The van der Waals surface area contributed by atoms with Crippen molar-refractivity contribution in [3.05, 3.63) is 192 Å². The Kier molecular flexibility index (Phi) is 10.2. The van der Waals surface area contributed by atoms with Gasteiger partial charge in [-0.25, -0.2) is 4.98 Å². The number of hydrogen-bond acceptors (Lipinski definition) is 3. The second kappa shape index (κ2) is 18.0. The van der Waals surface area contributed by atoms with Crippen molar-refractivity contribution in [1.82, 2.24) is 14.5 Å². The van der Waals surface area contributed by atoms with E-state index >= 15 is 0 Å². The van der Waals surface area contributed by atoms with Crippen LogP contribution < -0.4 is 0 Å². The van der Waals surface area contributed by atoms with E-state index in [2.05, 4.69) is 84.0 Å². The van der Waals surface area contributed by atoms with Crippen LogP contribution in [-0.2, 0) is 37.3 Å². The molecule has 0 atom stereocenters. The first kappa shape index (κ1) is 37.7. The van der Waals surface area contributed by atoms with Crippen LogP contribution in [0.3, 0.4) is 0 Å². The molecule has 5 heteroatoms. The third-order valence-electron chi connectivity index (χ3n) is 12.3. The molecule has 0 unspecified atom stereocenters. The molecule has 4 nitrogen and oxygen atoms in total. The van der Waals surface area contributed by atoms with Crippen LogP contribution in [0.2, 0.25) is 0 Å². The fourth-order valence-electron chi connectivity index (χ4n) is 8.91. The number of rotatable bonds is 7. The molecule has 2 heterocycles. The fraction of sp³-hybridized carbons (Fsp3) is 0.226. The van der Waals surface area contributed by atoms with Crippen LogP contribution in [0.5, 0.6) is 5.75 Å². The molecule has 1 N–H and O–H groups in total. The maximum Gasteiger partial charge on any atom is 0.148 e. The van der Waals surface area contributed by atoms with Gasteiger partial charge >= 0.3 is 0 Å². The number of aromatic hydroxyl groups is 1. The summed E-state index contributed by atoms with van der Waals surface area (Å²) in [6.45, 7) is 18.3. The number of hydrogen-bond donors (Lipinski definition) is 1. The minimum atomic E-state index is -2.61. The number of benzene rings is 7. The standard InChI is InChI=1S/C62H60N3O.Pt/c1-39-32-50(58(66)52(33-39)62(9,10)11)59-64-57-49(45-35-46(37-47(36-45)60(3,4)5)53-38-43(30-31-63-53)41-20-14-12-15-21-41)25-19-27-55(57)65(59)54-29-28-44(34-40(54)2)56-48(42-22-16-13-17-23-42)24-18-26-51(56)61(6,7)8;/h12-34,36-38,66H,1-11H3;/q-1;/i2D3,12D,14D,15D,20D,21D;. The van der Waals surface area contributed by atoms with Crippen molar-refractivity contribution in [3.8, 4) is 78.6 Å². The molecule has 0 radical (unpaired) electrons. The summed E-state index contributed by atoms with van der Waals surface area (Å²) >= 11 is 0. The molecule has 340 valence electrons. The molecule has 0 fully saturated rings. The first-order valence-corrected chi connectivity index (χ1v) is 22.5. The van der Waals surface area contributed by atoms with Gasteiger partial charge in [0.2, 0.25) is 0 Å². The molecule has 0 amide bonds. The van der Waals surface area contributed by atoms with E-state index in [-0.39, 0.29) is 60.9 Å². The van der Waals surface area contributed by atoms with Crippen LogP contribution in [0.25, 0.3) is 83.9 Å². The molecule has 2 aromatic heterocycles. The number of imidazole rings is 1. The second-order valence-electron chi connectivity index (χ2n) is 20.4. The van der Waals surface area contributed by atoms with Crippen molar-refractivity contribution >= 4 is 11.0 Å². The van der Waals surface area contributed by atoms with E-state index in [4.69, 9.17) is 16.8 Å². The van der Waals surface area contributed by atoms with Crippen molar-refractivity contribution in [3.63, 3.8) is 0 Å². The van der Waals surface area contributed by atoms with Crippen LogP contribution in [0.4, 0.5) is 0 Å². The van der Waals surface area contributed by atoms with Gasteiger partial charge in [-0.2, -0.15) is 0 Å². The van der Waals surface area contributed by atoms with E-state index in [1.54, 1.807) is 24.4 Å². The van der Waals surface area contributed by atoms with Gasteiger partial charge < -0.3 is 5.11 Å². The van der Waals surface area contributed by atoms with Gasteiger partial charge in [-0.1, -0.05) is 183 Å². The molecular weight excluding hydrogens is 998 g/mol. The number of aryl methyl sites for hydroxylation is 2. The van der Waals surface area contributed by atoms with Crippen LogP contribution in [0, 0.1) is 19.8 Å². The summed E-state index contributed by atoms with van der Waals surface area (Å²) in [5, 5.41) is 12.4. The van der Waals surface area contributed by atoms with Crippen molar-refractivity contribution < 1.29 is 37.1 Å². The predicted molar refractivity (Wildman–Crippen MR) is 278 cm³/mol. The van der Waals surface area contributed by atoms with E-state index in [9.17, 15) is 9.22 Å². The number of para-hydroxylation sites is 1. The van der Waals surface area contributed by atoms with Crippen molar-refractivity contribution in [2.75, 3.05) is 0 Å². The minimum absolute atomic E-state index is 0. The molecule has 0 aliphatic carbocycles. The Bertz CT molecular complexity index is 3660. The van der Waals surface area contributed by atoms with Crippen LogP contribution in [0.15, 0.2) is 158 Å². The molecule has 0 aliphatic rings. The third kappa shape index (κ3) is 9.22. The van der Waals surface area contributed by atoms with Gasteiger partial charge in [0.05, 0.1) is 29.1 Å². The number of fused-ring (bicyclic) bond motifs is 1. The first-order chi connectivity index (χ1) is 34.6. The maximum atomic E-state index is 12.4. The van der Waals surface area contributed by atoms with Gasteiger partial charge in [0.1, 0.15) is 11.6 Å². The van der Waals surface area contributed by atoms with E-state index < -0.39 is 30.4 Å². The summed E-state index contributed by atoms with van der Waals surface area (Å²) in [7, 11) is 0. The van der Waals surface area contributed by atoms with Crippen molar-refractivity contribution in [2.24, 2.45) is 0 Å². The zero-order chi connectivity index (χ0) is 53.6. The van der Waals surface area contributed by atoms with Gasteiger partial charge in [0.15, 0.2) is 0 Å². The number of pyridine rings is 1. The topological polar surface area (TPSA) is 50.9 Å². The Morgan fingerprint density at radius 3 is 2.01 bits per heavy atom. The molecule has 0 aliphatic heterocycles. The molecule has 0 spiro atoms. The molecular formula is C62H60N3OPt-. The summed E-state index contributed by atoms with van der Waals surface area (Å²) in [6.07, 6.45) is 1.56. The zero-order valence-electron chi connectivity index (χ0n) is 47.7. The summed E-state index contributed by atoms with van der Waals surface area (Å²) in [5.74, 6) is 0.408. The Labute approximate surface area is 423 Å². The van der Waals surface area contributed by atoms with Crippen LogP contribution in [0.1, 0.15) is 101 Å². The number of nitrogens with zero attached hydrogens (tertiary/aromatic N) is 3. The predicted octanol–water partition coefficient (Wildman–Crippen LogP) is 16.4. The SMILES string of the molecule is [2H]c1c([2H])c([2H])c(-c2ccnc(-c3[c-]c(-c4cccc5c4nc(-c4cc(C)cc(C(C)(C)C)c4O)n5-c4ccc(-c5c(-c6ccccc6)cccc5C(C)(C)C)cc4C([2H])([2H])[2H])cc(C(C)(C)C)c3)c2)c([2H])c1[2H].[Pt]. The molecule has 9 aromatic rings. The van der Waals surface area contributed by atoms with Gasteiger partial charge in [-0.05, 0) is 110 Å². The largest absolute Gasteiger partial charge is 0.507 e. The fourth-order valence-corrected chi connectivity index (χ4v) is 8.91. The average Bonchev–Trinajstić information content (AvgIpc) is 3.74. The van der Waals surface area contributed by atoms with E-state index in [1.165, 1.54) is 0 Å². The first-order valence-electron chi connectivity index (χ1n) is 26.5. The monoisotopic (exact) mass is 1070 g/mol. The van der Waals surface area contributed by atoms with E-state index in [0.29, 0.717) is 56.1 Å². The van der Waals surface area contributed by atoms with Crippen molar-refractivity contribution in [1.29, 1.82) is 0 Å². The number of phenolic OH excluding ortho intramolecular Hbond substituents is 1. The summed E-state index contributed by atoms with van der Waals surface area (Å²) in [4.78, 5) is 10.2. The number of phenols is 1. The third-order valence-corrected chi connectivity index (χ3v) is 12.3. The maximum absolute atomic E-state index is 12.4. The van der Waals surface area contributed by atoms with E-state index in [1.807, 2.05) is 99.0 Å².